The van der Waals surface area contributed by atoms with Crippen LogP contribution < -0.4 is 0 Å². The smallest absolute Gasteiger partial charge is 0.254 e. The molecule has 0 aromatic heterocycles. The Balaban J connectivity index is 1.86. The Bertz CT molecular complexity index is 747. The molecule has 0 saturated heterocycles. The lowest BCUT2D eigenvalue weighted by atomic mass is 10.1. The molecule has 1 aliphatic carbocycles. The van der Waals surface area contributed by atoms with E-state index in [9.17, 15) is 9.18 Å². The second kappa shape index (κ2) is 5.98. The molecule has 110 valence electrons. The number of amides is 1. The van der Waals surface area contributed by atoms with Crippen molar-refractivity contribution >= 4 is 5.91 Å². The van der Waals surface area contributed by atoms with Crippen LogP contribution in [0, 0.1) is 17.1 Å². The van der Waals surface area contributed by atoms with Crippen molar-refractivity contribution in [3.8, 4) is 6.07 Å². The number of carbonyl (C=O) groups excluding carboxylic acids is 1. The highest BCUT2D eigenvalue weighted by Crippen LogP contribution is 2.30. The van der Waals surface area contributed by atoms with Gasteiger partial charge in [-0.3, -0.25) is 4.79 Å². The zero-order chi connectivity index (χ0) is 15.5. The average Bonchev–Trinajstić information content (AvgIpc) is 3.38. The molecule has 0 radical (unpaired) electrons. The highest BCUT2D eigenvalue weighted by Gasteiger charge is 2.33. The minimum Gasteiger partial charge on any atom is -0.331 e. The Kier molecular flexibility index (Phi) is 3.88. The van der Waals surface area contributed by atoms with Crippen molar-refractivity contribution in [3.63, 3.8) is 0 Å². The van der Waals surface area contributed by atoms with Gasteiger partial charge in [0.15, 0.2) is 0 Å². The molecule has 3 rings (SSSR count). The summed E-state index contributed by atoms with van der Waals surface area (Å²) in [4.78, 5) is 14.4. The average molecular weight is 294 g/mol. The lowest BCUT2D eigenvalue weighted by Gasteiger charge is -2.23. The van der Waals surface area contributed by atoms with E-state index in [2.05, 4.69) is 0 Å². The minimum atomic E-state index is -0.299. The van der Waals surface area contributed by atoms with Gasteiger partial charge in [0.25, 0.3) is 5.91 Å². The number of nitrogens with zero attached hydrogens (tertiary/aromatic N) is 2. The maximum atomic E-state index is 13.8. The molecule has 0 aliphatic heterocycles. The van der Waals surface area contributed by atoms with E-state index in [1.165, 1.54) is 6.07 Å². The molecule has 0 heterocycles. The number of benzene rings is 2. The normalized spacial score (nSPS) is 13.5. The number of rotatable bonds is 4. The summed E-state index contributed by atoms with van der Waals surface area (Å²) in [5, 5.41) is 8.95. The molecule has 3 nitrogen and oxygen atoms in total. The Morgan fingerprint density at radius 1 is 1.23 bits per heavy atom. The molecule has 0 N–H and O–H groups in total. The molecule has 1 aliphatic rings. The highest BCUT2D eigenvalue weighted by molar-refractivity contribution is 5.95. The summed E-state index contributed by atoms with van der Waals surface area (Å²) >= 11 is 0. The molecule has 0 bridgehead atoms. The van der Waals surface area contributed by atoms with Crippen LogP contribution in [-0.4, -0.2) is 16.8 Å². The van der Waals surface area contributed by atoms with E-state index in [1.54, 1.807) is 47.4 Å². The van der Waals surface area contributed by atoms with Crippen LogP contribution in [0.15, 0.2) is 48.5 Å². The molecule has 2 aromatic rings. The molecular formula is C18H15FN2O. The van der Waals surface area contributed by atoms with E-state index >= 15 is 0 Å². The Morgan fingerprint density at radius 2 is 2.00 bits per heavy atom. The predicted molar refractivity (Wildman–Crippen MR) is 80.5 cm³/mol. The van der Waals surface area contributed by atoms with Gasteiger partial charge in [0, 0.05) is 23.7 Å². The van der Waals surface area contributed by atoms with Gasteiger partial charge in [0.05, 0.1) is 11.6 Å². The number of hydrogen-bond acceptors (Lipinski definition) is 2. The van der Waals surface area contributed by atoms with Crippen LogP contribution in [0.3, 0.4) is 0 Å². The zero-order valence-corrected chi connectivity index (χ0v) is 12.0. The van der Waals surface area contributed by atoms with E-state index in [1.807, 2.05) is 6.07 Å². The summed E-state index contributed by atoms with van der Waals surface area (Å²) in [6.45, 7) is 0.257. The van der Waals surface area contributed by atoms with Gasteiger partial charge in [-0.2, -0.15) is 5.26 Å². The van der Waals surface area contributed by atoms with Gasteiger partial charge >= 0.3 is 0 Å². The Hall–Kier alpha value is -2.67. The molecule has 0 unspecified atom stereocenters. The van der Waals surface area contributed by atoms with Gasteiger partial charge in [-0.05, 0) is 37.1 Å². The molecule has 1 fully saturated rings. The van der Waals surface area contributed by atoms with Crippen LogP contribution in [0.5, 0.6) is 0 Å². The fourth-order valence-corrected chi connectivity index (χ4v) is 2.45. The van der Waals surface area contributed by atoms with Crippen LogP contribution >= 0.6 is 0 Å². The second-order valence-corrected chi connectivity index (χ2v) is 5.45. The molecular weight excluding hydrogens is 279 g/mol. The third kappa shape index (κ3) is 2.99. The molecule has 4 heteroatoms. The van der Waals surface area contributed by atoms with Crippen molar-refractivity contribution in [2.45, 2.75) is 25.4 Å². The first-order valence-electron chi connectivity index (χ1n) is 7.23. The van der Waals surface area contributed by atoms with Gasteiger partial charge in [-0.15, -0.1) is 0 Å². The van der Waals surface area contributed by atoms with Crippen molar-refractivity contribution in [3.05, 3.63) is 71.0 Å². The van der Waals surface area contributed by atoms with Crippen LogP contribution in [0.25, 0.3) is 0 Å². The predicted octanol–water partition coefficient (Wildman–Crippen LogP) is 3.50. The first kappa shape index (κ1) is 14.3. The highest BCUT2D eigenvalue weighted by atomic mass is 19.1. The van der Waals surface area contributed by atoms with Crippen LogP contribution in [0.1, 0.15) is 34.3 Å². The molecule has 2 aromatic carbocycles. The van der Waals surface area contributed by atoms with Gasteiger partial charge in [-0.1, -0.05) is 24.3 Å². The van der Waals surface area contributed by atoms with Crippen LogP contribution in [0.2, 0.25) is 0 Å². The quantitative estimate of drug-likeness (QED) is 0.866. The monoisotopic (exact) mass is 294 g/mol. The van der Waals surface area contributed by atoms with Crippen molar-refractivity contribution < 1.29 is 9.18 Å². The van der Waals surface area contributed by atoms with E-state index < -0.39 is 0 Å². The zero-order valence-electron chi connectivity index (χ0n) is 12.0. The third-order valence-corrected chi connectivity index (χ3v) is 3.79. The standard InChI is InChI=1S/C18H15FN2O/c19-17-7-2-1-5-15(17)12-21(16-8-9-16)18(22)14-6-3-4-13(10-14)11-20/h1-7,10,16H,8-9,12H2. The van der Waals surface area contributed by atoms with E-state index in [-0.39, 0.29) is 24.3 Å². The van der Waals surface area contributed by atoms with E-state index in [0.29, 0.717) is 16.7 Å². The van der Waals surface area contributed by atoms with Crippen molar-refractivity contribution in [1.29, 1.82) is 5.26 Å². The summed E-state index contributed by atoms with van der Waals surface area (Å²) in [5.41, 5.74) is 1.44. The van der Waals surface area contributed by atoms with Crippen molar-refractivity contribution in [2.75, 3.05) is 0 Å². The molecule has 0 spiro atoms. The summed E-state index contributed by atoms with van der Waals surface area (Å²) < 4.78 is 13.8. The fourth-order valence-electron chi connectivity index (χ4n) is 2.45. The lowest BCUT2D eigenvalue weighted by molar-refractivity contribution is 0.0728. The topological polar surface area (TPSA) is 44.1 Å². The second-order valence-electron chi connectivity index (χ2n) is 5.45. The largest absolute Gasteiger partial charge is 0.331 e. The Labute approximate surface area is 128 Å². The number of halogens is 1. The number of hydrogen-bond donors (Lipinski definition) is 0. The lowest BCUT2D eigenvalue weighted by Crippen LogP contribution is -2.33. The third-order valence-electron chi connectivity index (χ3n) is 3.79. The van der Waals surface area contributed by atoms with E-state index in [0.717, 1.165) is 12.8 Å². The van der Waals surface area contributed by atoms with Gasteiger partial charge in [0.2, 0.25) is 0 Å². The summed E-state index contributed by atoms with van der Waals surface area (Å²) in [5.74, 6) is -0.449. The maximum absolute atomic E-state index is 13.8. The first-order valence-corrected chi connectivity index (χ1v) is 7.23. The fraction of sp³-hybridized carbons (Fsp3) is 0.222. The molecule has 1 saturated carbocycles. The van der Waals surface area contributed by atoms with Crippen LogP contribution in [0.4, 0.5) is 4.39 Å². The van der Waals surface area contributed by atoms with Crippen molar-refractivity contribution in [1.82, 2.24) is 4.90 Å². The number of carbonyl (C=O) groups is 1. The molecule has 0 atom stereocenters. The summed E-state index contributed by atoms with van der Waals surface area (Å²) in [7, 11) is 0. The van der Waals surface area contributed by atoms with E-state index in [4.69, 9.17) is 5.26 Å². The summed E-state index contributed by atoms with van der Waals surface area (Å²) in [6.07, 6.45) is 1.89. The van der Waals surface area contributed by atoms with Gasteiger partial charge in [0.1, 0.15) is 5.82 Å². The molecule has 1 amide bonds. The van der Waals surface area contributed by atoms with Crippen LogP contribution in [-0.2, 0) is 6.54 Å². The number of nitriles is 1. The van der Waals surface area contributed by atoms with Gasteiger partial charge < -0.3 is 4.90 Å². The van der Waals surface area contributed by atoms with Crippen molar-refractivity contribution in [2.24, 2.45) is 0 Å². The summed E-state index contributed by atoms with van der Waals surface area (Å²) in [6, 6.07) is 15.3. The SMILES string of the molecule is N#Cc1cccc(C(=O)N(Cc2ccccc2F)C2CC2)c1. The molecule has 22 heavy (non-hydrogen) atoms. The maximum Gasteiger partial charge on any atom is 0.254 e. The Morgan fingerprint density at radius 3 is 2.68 bits per heavy atom. The van der Waals surface area contributed by atoms with Gasteiger partial charge in [-0.25, -0.2) is 4.39 Å². The first-order chi connectivity index (χ1) is 10.7. The minimum absolute atomic E-state index is 0.150.